The fourth-order valence-corrected chi connectivity index (χ4v) is 4.25. The van der Waals surface area contributed by atoms with Gasteiger partial charge in [-0.3, -0.25) is 9.69 Å². The molecule has 110 valence electrons. The molecule has 0 unspecified atom stereocenters. The summed E-state index contributed by atoms with van der Waals surface area (Å²) in [6.07, 6.45) is 4.84. The molecule has 20 heavy (non-hydrogen) atoms. The molecule has 2 saturated heterocycles. The molecule has 4 heteroatoms. The molecule has 2 aliphatic heterocycles. The molecule has 2 aliphatic rings. The van der Waals surface area contributed by atoms with E-state index in [0.717, 1.165) is 19.6 Å². The Kier molecular flexibility index (Phi) is 4.41. The van der Waals surface area contributed by atoms with Crippen LogP contribution in [0.3, 0.4) is 0 Å². The molecule has 0 saturated carbocycles. The Hall–Kier alpha value is -0.870. The fourth-order valence-electron chi connectivity index (χ4n) is 3.55. The Labute approximate surface area is 125 Å². The van der Waals surface area contributed by atoms with Gasteiger partial charge in [-0.15, -0.1) is 0 Å². The second-order valence-electron chi connectivity index (χ2n) is 6.27. The zero-order valence-electron chi connectivity index (χ0n) is 12.3. The normalized spacial score (nSPS) is 27.9. The first-order valence-electron chi connectivity index (χ1n) is 7.78. The van der Waals surface area contributed by atoms with Gasteiger partial charge in [0.15, 0.2) is 0 Å². The molecule has 1 aromatic rings. The second kappa shape index (κ2) is 6.27. The third kappa shape index (κ3) is 3.07. The predicted octanol–water partition coefficient (Wildman–Crippen LogP) is 3.14. The molecule has 0 bridgehead atoms. The molecule has 2 atom stereocenters. The fraction of sp³-hybridized carbons (Fsp3) is 0.688. The molecule has 0 spiro atoms. The van der Waals surface area contributed by atoms with Gasteiger partial charge in [0.05, 0.1) is 6.54 Å². The van der Waals surface area contributed by atoms with Gasteiger partial charge in [0.1, 0.15) is 0 Å². The summed E-state index contributed by atoms with van der Waals surface area (Å²) in [5, 5.41) is 4.37. The first-order valence-corrected chi connectivity index (χ1v) is 8.72. The van der Waals surface area contributed by atoms with Crippen molar-refractivity contribution in [3.63, 3.8) is 0 Å². The minimum atomic E-state index is 0.332. The van der Waals surface area contributed by atoms with E-state index < -0.39 is 0 Å². The van der Waals surface area contributed by atoms with Crippen LogP contribution >= 0.6 is 11.3 Å². The first-order chi connectivity index (χ1) is 9.74. The average Bonchev–Trinajstić information content (AvgIpc) is 3.08. The van der Waals surface area contributed by atoms with Crippen molar-refractivity contribution in [2.45, 2.75) is 38.6 Å². The van der Waals surface area contributed by atoms with Crippen LogP contribution in [0.1, 0.15) is 44.2 Å². The number of likely N-dealkylation sites (tertiary alicyclic amines) is 2. The van der Waals surface area contributed by atoms with Crippen molar-refractivity contribution in [1.29, 1.82) is 0 Å². The molecular weight excluding hydrogens is 268 g/mol. The van der Waals surface area contributed by atoms with Crippen molar-refractivity contribution in [1.82, 2.24) is 9.80 Å². The number of piperidine rings is 1. The largest absolute Gasteiger partial charge is 0.341 e. The van der Waals surface area contributed by atoms with E-state index in [1.807, 2.05) is 0 Å². The zero-order chi connectivity index (χ0) is 13.9. The molecule has 3 nitrogen and oxygen atoms in total. The van der Waals surface area contributed by atoms with E-state index in [2.05, 4.69) is 33.6 Å². The standard InChI is InChI=1S/C16H24N2OS/c1-13-4-2-8-18(10-13)16(19)11-17-7-3-5-15(17)14-6-9-20-12-14/h6,9,12-13,15H,2-5,7-8,10-11H2,1H3/t13-,15-/m1/s1. The number of thiophene rings is 1. The van der Waals surface area contributed by atoms with Crippen LogP contribution in [-0.2, 0) is 4.79 Å². The highest BCUT2D eigenvalue weighted by molar-refractivity contribution is 7.07. The molecule has 1 amide bonds. The molecule has 3 heterocycles. The van der Waals surface area contributed by atoms with Crippen LogP contribution in [-0.4, -0.2) is 41.9 Å². The molecule has 0 aliphatic carbocycles. The van der Waals surface area contributed by atoms with Crippen molar-refractivity contribution in [3.8, 4) is 0 Å². The summed E-state index contributed by atoms with van der Waals surface area (Å²) < 4.78 is 0. The summed E-state index contributed by atoms with van der Waals surface area (Å²) in [5.41, 5.74) is 1.40. The van der Waals surface area contributed by atoms with E-state index >= 15 is 0 Å². The zero-order valence-corrected chi connectivity index (χ0v) is 13.1. The molecule has 1 aromatic heterocycles. The van der Waals surface area contributed by atoms with Crippen LogP contribution in [0.5, 0.6) is 0 Å². The van der Waals surface area contributed by atoms with Crippen LogP contribution in [0.2, 0.25) is 0 Å². The molecule has 0 radical (unpaired) electrons. The summed E-state index contributed by atoms with van der Waals surface area (Å²) in [4.78, 5) is 17.0. The Bertz CT molecular complexity index is 445. The lowest BCUT2D eigenvalue weighted by Gasteiger charge is -2.33. The van der Waals surface area contributed by atoms with Gasteiger partial charge in [0.2, 0.25) is 5.91 Å². The van der Waals surface area contributed by atoms with E-state index in [4.69, 9.17) is 0 Å². The van der Waals surface area contributed by atoms with Gasteiger partial charge in [-0.25, -0.2) is 0 Å². The third-order valence-electron chi connectivity index (χ3n) is 4.64. The number of carbonyl (C=O) groups excluding carboxylic acids is 1. The van der Waals surface area contributed by atoms with E-state index in [1.165, 1.54) is 31.2 Å². The van der Waals surface area contributed by atoms with Gasteiger partial charge in [0, 0.05) is 19.1 Å². The Morgan fingerprint density at radius 1 is 1.35 bits per heavy atom. The van der Waals surface area contributed by atoms with E-state index in [0.29, 0.717) is 24.4 Å². The third-order valence-corrected chi connectivity index (χ3v) is 5.34. The van der Waals surface area contributed by atoms with Gasteiger partial charge < -0.3 is 4.90 Å². The summed E-state index contributed by atoms with van der Waals surface area (Å²) in [7, 11) is 0. The summed E-state index contributed by atoms with van der Waals surface area (Å²) in [6, 6.07) is 2.67. The van der Waals surface area contributed by atoms with Crippen molar-refractivity contribution in [2.24, 2.45) is 5.92 Å². The minimum Gasteiger partial charge on any atom is -0.341 e. The highest BCUT2D eigenvalue weighted by Crippen LogP contribution is 2.32. The molecule has 3 rings (SSSR count). The van der Waals surface area contributed by atoms with Gasteiger partial charge >= 0.3 is 0 Å². The topological polar surface area (TPSA) is 23.6 Å². The minimum absolute atomic E-state index is 0.332. The van der Waals surface area contributed by atoms with E-state index in [-0.39, 0.29) is 0 Å². The number of amides is 1. The molecule has 0 N–H and O–H groups in total. The van der Waals surface area contributed by atoms with Crippen molar-refractivity contribution >= 4 is 17.2 Å². The maximum atomic E-state index is 12.5. The van der Waals surface area contributed by atoms with Crippen molar-refractivity contribution < 1.29 is 4.79 Å². The SMILES string of the molecule is C[C@@H]1CCCN(C(=O)CN2CCC[C@@H]2c2ccsc2)C1. The van der Waals surface area contributed by atoms with Crippen molar-refractivity contribution in [3.05, 3.63) is 22.4 Å². The highest BCUT2D eigenvalue weighted by Gasteiger charge is 2.30. The van der Waals surface area contributed by atoms with Crippen LogP contribution in [0, 0.1) is 5.92 Å². The number of hydrogen-bond donors (Lipinski definition) is 0. The molecular formula is C16H24N2OS. The first kappa shape index (κ1) is 14.1. The molecule has 2 fully saturated rings. The Morgan fingerprint density at radius 3 is 2.95 bits per heavy atom. The summed E-state index contributed by atoms with van der Waals surface area (Å²) >= 11 is 1.75. The van der Waals surface area contributed by atoms with Gasteiger partial charge in [-0.1, -0.05) is 6.92 Å². The number of nitrogens with zero attached hydrogens (tertiary/aromatic N) is 2. The van der Waals surface area contributed by atoms with E-state index in [1.54, 1.807) is 11.3 Å². The van der Waals surface area contributed by atoms with Crippen LogP contribution in [0.25, 0.3) is 0 Å². The monoisotopic (exact) mass is 292 g/mol. The lowest BCUT2D eigenvalue weighted by atomic mass is 10.0. The maximum absolute atomic E-state index is 12.5. The number of carbonyl (C=O) groups is 1. The highest BCUT2D eigenvalue weighted by atomic mass is 32.1. The number of hydrogen-bond acceptors (Lipinski definition) is 3. The Balaban J connectivity index is 1.60. The second-order valence-corrected chi connectivity index (χ2v) is 7.05. The lowest BCUT2D eigenvalue weighted by Crippen LogP contribution is -2.44. The predicted molar refractivity (Wildman–Crippen MR) is 82.8 cm³/mol. The summed E-state index contributed by atoms with van der Waals surface area (Å²) in [5.74, 6) is 0.998. The van der Waals surface area contributed by atoms with Crippen molar-refractivity contribution in [2.75, 3.05) is 26.2 Å². The maximum Gasteiger partial charge on any atom is 0.236 e. The van der Waals surface area contributed by atoms with Gasteiger partial charge in [-0.05, 0) is 60.5 Å². The lowest BCUT2D eigenvalue weighted by molar-refractivity contribution is -0.134. The number of rotatable bonds is 3. The summed E-state index contributed by atoms with van der Waals surface area (Å²) in [6.45, 7) is 5.84. The van der Waals surface area contributed by atoms with Gasteiger partial charge in [0.25, 0.3) is 0 Å². The Morgan fingerprint density at radius 2 is 2.20 bits per heavy atom. The van der Waals surface area contributed by atoms with E-state index in [9.17, 15) is 4.79 Å². The van der Waals surface area contributed by atoms with Gasteiger partial charge in [-0.2, -0.15) is 11.3 Å². The smallest absolute Gasteiger partial charge is 0.236 e. The van der Waals surface area contributed by atoms with Crippen LogP contribution in [0.4, 0.5) is 0 Å². The average molecular weight is 292 g/mol. The van der Waals surface area contributed by atoms with Crippen LogP contribution in [0.15, 0.2) is 16.8 Å². The molecule has 0 aromatic carbocycles. The quantitative estimate of drug-likeness (QED) is 0.854. The van der Waals surface area contributed by atoms with Crippen LogP contribution < -0.4 is 0 Å².